The molecule has 84 valence electrons. The van der Waals surface area contributed by atoms with Gasteiger partial charge in [-0.3, -0.25) is 0 Å². The van der Waals surface area contributed by atoms with Gasteiger partial charge >= 0.3 is 0 Å². The summed E-state index contributed by atoms with van der Waals surface area (Å²) in [5.41, 5.74) is 7.12. The van der Waals surface area contributed by atoms with E-state index in [4.69, 9.17) is 5.73 Å². The molecule has 0 spiro atoms. The Morgan fingerprint density at radius 3 is 2.33 bits per heavy atom. The van der Waals surface area contributed by atoms with Gasteiger partial charge in [0.15, 0.2) is 0 Å². The van der Waals surface area contributed by atoms with Gasteiger partial charge < -0.3 is 5.73 Å². The SMILES string of the molecule is CC(C)C(N)c1nccc(C(C)(C)C)n1. The summed E-state index contributed by atoms with van der Waals surface area (Å²) in [5.74, 6) is 1.11. The number of nitrogens with zero attached hydrogens (tertiary/aromatic N) is 2. The molecule has 0 aliphatic rings. The Hall–Kier alpha value is -0.960. The zero-order valence-corrected chi connectivity index (χ0v) is 10.3. The summed E-state index contributed by atoms with van der Waals surface area (Å²) in [6.45, 7) is 10.6. The van der Waals surface area contributed by atoms with Crippen molar-refractivity contribution in [3.05, 3.63) is 23.8 Å². The molecule has 0 saturated carbocycles. The Labute approximate surface area is 92.1 Å². The van der Waals surface area contributed by atoms with Crippen molar-refractivity contribution in [1.82, 2.24) is 9.97 Å². The lowest BCUT2D eigenvalue weighted by molar-refractivity contribution is 0.479. The Bertz CT molecular complexity index is 326. The maximum absolute atomic E-state index is 6.02. The van der Waals surface area contributed by atoms with E-state index in [1.165, 1.54) is 0 Å². The van der Waals surface area contributed by atoms with E-state index in [9.17, 15) is 0 Å². The number of nitrogens with two attached hydrogens (primary N) is 1. The first-order valence-corrected chi connectivity index (χ1v) is 5.41. The fourth-order valence-electron chi connectivity index (χ4n) is 1.25. The standard InChI is InChI=1S/C12H21N3/c1-8(2)10(13)11-14-7-6-9(15-11)12(3,4)5/h6-8,10H,13H2,1-5H3. The molecule has 15 heavy (non-hydrogen) atoms. The predicted octanol–water partition coefficient (Wildman–Crippen LogP) is 2.43. The van der Waals surface area contributed by atoms with Gasteiger partial charge in [0.05, 0.1) is 6.04 Å². The quantitative estimate of drug-likeness (QED) is 0.810. The van der Waals surface area contributed by atoms with Gasteiger partial charge in [0, 0.05) is 17.3 Å². The first-order chi connectivity index (χ1) is 6.82. The van der Waals surface area contributed by atoms with Crippen molar-refractivity contribution in [3.8, 4) is 0 Å². The molecule has 3 heteroatoms. The Kier molecular flexibility index (Phi) is 3.45. The van der Waals surface area contributed by atoms with Crippen molar-refractivity contribution in [2.75, 3.05) is 0 Å². The van der Waals surface area contributed by atoms with Gasteiger partial charge in [-0.05, 0) is 12.0 Å². The van der Waals surface area contributed by atoms with Crippen molar-refractivity contribution in [1.29, 1.82) is 0 Å². The van der Waals surface area contributed by atoms with Crippen LogP contribution in [0.5, 0.6) is 0 Å². The molecule has 0 fully saturated rings. The molecule has 2 N–H and O–H groups in total. The zero-order chi connectivity index (χ0) is 11.6. The van der Waals surface area contributed by atoms with Crippen LogP contribution < -0.4 is 5.73 Å². The van der Waals surface area contributed by atoms with Crippen LogP contribution in [0.2, 0.25) is 0 Å². The summed E-state index contributed by atoms with van der Waals surface area (Å²) < 4.78 is 0. The number of hydrogen-bond donors (Lipinski definition) is 1. The molecule has 1 rings (SSSR count). The largest absolute Gasteiger partial charge is 0.321 e. The molecule has 1 unspecified atom stereocenters. The van der Waals surface area contributed by atoms with E-state index in [1.54, 1.807) is 6.20 Å². The highest BCUT2D eigenvalue weighted by Crippen LogP contribution is 2.21. The third-order valence-corrected chi connectivity index (χ3v) is 2.46. The van der Waals surface area contributed by atoms with Crippen molar-refractivity contribution in [3.63, 3.8) is 0 Å². The third kappa shape index (κ3) is 2.99. The maximum Gasteiger partial charge on any atom is 0.145 e. The third-order valence-electron chi connectivity index (χ3n) is 2.46. The highest BCUT2D eigenvalue weighted by Gasteiger charge is 2.19. The minimum atomic E-state index is -0.0766. The fraction of sp³-hybridized carbons (Fsp3) is 0.667. The predicted molar refractivity (Wildman–Crippen MR) is 62.5 cm³/mol. The Morgan fingerprint density at radius 2 is 1.87 bits per heavy atom. The first kappa shape index (κ1) is 12.1. The van der Waals surface area contributed by atoms with Crippen LogP contribution in [0.1, 0.15) is 52.2 Å². The Morgan fingerprint density at radius 1 is 1.27 bits per heavy atom. The van der Waals surface area contributed by atoms with Gasteiger partial charge in [-0.2, -0.15) is 0 Å². The minimum absolute atomic E-state index is 0.0500. The van der Waals surface area contributed by atoms with Gasteiger partial charge in [0.1, 0.15) is 5.82 Å². The summed E-state index contributed by atoms with van der Waals surface area (Å²) in [4.78, 5) is 8.77. The van der Waals surface area contributed by atoms with Crippen molar-refractivity contribution < 1.29 is 0 Å². The number of rotatable bonds is 2. The van der Waals surface area contributed by atoms with Gasteiger partial charge in [-0.1, -0.05) is 34.6 Å². The minimum Gasteiger partial charge on any atom is -0.321 e. The molecule has 0 aromatic carbocycles. The van der Waals surface area contributed by atoms with E-state index in [0.717, 1.165) is 11.5 Å². The lowest BCUT2D eigenvalue weighted by Crippen LogP contribution is -2.22. The van der Waals surface area contributed by atoms with Gasteiger partial charge in [-0.15, -0.1) is 0 Å². The van der Waals surface area contributed by atoms with Gasteiger partial charge in [-0.25, -0.2) is 9.97 Å². The molecule has 1 aromatic rings. The topological polar surface area (TPSA) is 51.8 Å². The Balaban J connectivity index is 3.03. The highest BCUT2D eigenvalue weighted by atomic mass is 14.9. The van der Waals surface area contributed by atoms with Crippen LogP contribution >= 0.6 is 0 Å². The highest BCUT2D eigenvalue weighted by molar-refractivity contribution is 5.13. The van der Waals surface area contributed by atoms with Crippen molar-refractivity contribution in [2.24, 2.45) is 11.7 Å². The van der Waals surface area contributed by atoms with E-state index in [-0.39, 0.29) is 11.5 Å². The second-order valence-corrected chi connectivity index (χ2v) is 5.32. The second kappa shape index (κ2) is 4.27. The summed E-state index contributed by atoms with van der Waals surface area (Å²) in [7, 11) is 0. The molecular formula is C12H21N3. The molecule has 0 aliphatic carbocycles. The van der Waals surface area contributed by atoms with Crippen LogP contribution in [0.4, 0.5) is 0 Å². The van der Waals surface area contributed by atoms with Crippen LogP contribution in [-0.4, -0.2) is 9.97 Å². The molecule has 3 nitrogen and oxygen atoms in total. The smallest absolute Gasteiger partial charge is 0.145 e. The lowest BCUT2D eigenvalue weighted by Gasteiger charge is -2.20. The van der Waals surface area contributed by atoms with Crippen LogP contribution in [0.25, 0.3) is 0 Å². The van der Waals surface area contributed by atoms with Gasteiger partial charge in [0.25, 0.3) is 0 Å². The lowest BCUT2D eigenvalue weighted by atomic mass is 9.92. The molecule has 0 aliphatic heterocycles. The van der Waals surface area contributed by atoms with E-state index in [1.807, 2.05) is 6.07 Å². The van der Waals surface area contributed by atoms with E-state index >= 15 is 0 Å². The van der Waals surface area contributed by atoms with Crippen LogP contribution in [-0.2, 0) is 5.41 Å². The molecule has 0 radical (unpaired) electrons. The fourth-order valence-corrected chi connectivity index (χ4v) is 1.25. The van der Waals surface area contributed by atoms with Crippen molar-refractivity contribution >= 4 is 0 Å². The van der Waals surface area contributed by atoms with Gasteiger partial charge in [0.2, 0.25) is 0 Å². The molecule has 1 atom stereocenters. The second-order valence-electron chi connectivity index (χ2n) is 5.32. The molecule has 0 amide bonds. The first-order valence-electron chi connectivity index (χ1n) is 5.41. The molecule has 1 aromatic heterocycles. The molecular weight excluding hydrogens is 186 g/mol. The number of hydrogen-bond acceptors (Lipinski definition) is 3. The van der Waals surface area contributed by atoms with E-state index in [0.29, 0.717) is 5.92 Å². The molecule has 0 saturated heterocycles. The normalized spacial score (nSPS) is 14.3. The number of aromatic nitrogens is 2. The van der Waals surface area contributed by atoms with Crippen LogP contribution in [0, 0.1) is 5.92 Å². The summed E-state index contributed by atoms with van der Waals surface area (Å²) in [6.07, 6.45) is 1.80. The maximum atomic E-state index is 6.02. The summed E-state index contributed by atoms with van der Waals surface area (Å²) >= 11 is 0. The molecule has 0 bridgehead atoms. The zero-order valence-electron chi connectivity index (χ0n) is 10.3. The summed E-state index contributed by atoms with van der Waals surface area (Å²) in [5, 5.41) is 0. The van der Waals surface area contributed by atoms with Crippen LogP contribution in [0.3, 0.4) is 0 Å². The molecule has 1 heterocycles. The summed E-state index contributed by atoms with van der Waals surface area (Å²) in [6, 6.07) is 1.88. The van der Waals surface area contributed by atoms with E-state index in [2.05, 4.69) is 44.6 Å². The average molecular weight is 207 g/mol. The van der Waals surface area contributed by atoms with E-state index < -0.39 is 0 Å². The monoisotopic (exact) mass is 207 g/mol. The van der Waals surface area contributed by atoms with Crippen LogP contribution in [0.15, 0.2) is 12.3 Å². The average Bonchev–Trinajstić information content (AvgIpc) is 2.15. The van der Waals surface area contributed by atoms with Crippen molar-refractivity contribution in [2.45, 2.75) is 46.1 Å².